The maximum atomic E-state index is 11.4. The smallest absolute Gasteiger partial charge is 0.255 e. The summed E-state index contributed by atoms with van der Waals surface area (Å²) < 4.78 is 6.09. The lowest BCUT2D eigenvalue weighted by Crippen LogP contribution is -2.34. The largest absolute Gasteiger partial charge is 0.382 e. The van der Waals surface area contributed by atoms with Crippen LogP contribution in [-0.2, 0) is 13.1 Å². The van der Waals surface area contributed by atoms with Crippen molar-refractivity contribution in [3.05, 3.63) is 23.8 Å². The first-order valence-electron chi connectivity index (χ1n) is 5.46. The summed E-state index contributed by atoms with van der Waals surface area (Å²) >= 11 is 1.20. The molecular weight excluding hydrogens is 252 g/mol. The number of fused-ring (bicyclic) bond motifs is 1. The molecule has 94 valence electrons. The highest BCUT2D eigenvalue weighted by Crippen LogP contribution is 2.32. The van der Waals surface area contributed by atoms with Crippen LogP contribution in [0.5, 0.6) is 0 Å². The third-order valence-corrected chi connectivity index (χ3v) is 3.90. The quantitative estimate of drug-likeness (QED) is 0.797. The van der Waals surface area contributed by atoms with Gasteiger partial charge in [0.05, 0.1) is 6.54 Å². The second-order valence-electron chi connectivity index (χ2n) is 4.07. The number of nitrogens with zero attached hydrogens (tertiary/aromatic N) is 4. The molecule has 4 N–H and O–H groups in total. The molecule has 0 bridgehead atoms. The Morgan fingerprint density at radius 1 is 1.44 bits per heavy atom. The first-order chi connectivity index (χ1) is 8.66. The van der Waals surface area contributed by atoms with E-state index in [4.69, 9.17) is 11.5 Å². The van der Waals surface area contributed by atoms with E-state index in [0.717, 1.165) is 23.9 Å². The first kappa shape index (κ1) is 11.0. The summed E-state index contributed by atoms with van der Waals surface area (Å²) in [7, 11) is 0. The lowest BCUT2D eigenvalue weighted by molar-refractivity contribution is 0.100. The van der Waals surface area contributed by atoms with Gasteiger partial charge in [-0.15, -0.1) is 0 Å². The van der Waals surface area contributed by atoms with Crippen molar-refractivity contribution < 1.29 is 4.79 Å². The minimum Gasteiger partial charge on any atom is -0.382 e. The van der Waals surface area contributed by atoms with E-state index in [1.54, 1.807) is 6.20 Å². The predicted molar refractivity (Wildman–Crippen MR) is 68.3 cm³/mol. The molecule has 0 fully saturated rings. The van der Waals surface area contributed by atoms with Crippen molar-refractivity contribution in [1.82, 2.24) is 13.9 Å². The summed E-state index contributed by atoms with van der Waals surface area (Å²) in [4.78, 5) is 17.7. The summed E-state index contributed by atoms with van der Waals surface area (Å²) in [6.07, 6.45) is 3.72. The summed E-state index contributed by atoms with van der Waals surface area (Å²) in [6, 6.07) is 0. The Kier molecular flexibility index (Phi) is 2.44. The van der Waals surface area contributed by atoms with E-state index in [2.05, 4.69) is 13.9 Å². The topological polar surface area (TPSA) is 103 Å². The fraction of sp³-hybridized carbons (Fsp3) is 0.300. The zero-order valence-electron chi connectivity index (χ0n) is 9.54. The summed E-state index contributed by atoms with van der Waals surface area (Å²) in [6.45, 7) is 2.24. The summed E-state index contributed by atoms with van der Waals surface area (Å²) in [5, 5.41) is 0.731. The lowest BCUT2D eigenvalue weighted by Gasteiger charge is -2.28. The molecule has 0 aliphatic carbocycles. The van der Waals surface area contributed by atoms with E-state index in [-0.39, 0.29) is 5.82 Å². The second-order valence-corrected chi connectivity index (χ2v) is 4.82. The molecule has 0 saturated carbocycles. The molecule has 1 amide bonds. The molecule has 3 rings (SSSR count). The second kappa shape index (κ2) is 3.98. The molecule has 2 aromatic heterocycles. The maximum Gasteiger partial charge on any atom is 0.255 e. The Hall–Kier alpha value is -2.09. The van der Waals surface area contributed by atoms with Crippen molar-refractivity contribution in [2.45, 2.75) is 13.1 Å². The maximum absolute atomic E-state index is 11.4. The molecule has 18 heavy (non-hydrogen) atoms. The normalized spacial score (nSPS) is 14.6. The van der Waals surface area contributed by atoms with Crippen molar-refractivity contribution in [3.8, 4) is 0 Å². The van der Waals surface area contributed by atoms with Crippen molar-refractivity contribution in [2.24, 2.45) is 5.73 Å². The van der Waals surface area contributed by atoms with Gasteiger partial charge >= 0.3 is 0 Å². The van der Waals surface area contributed by atoms with Crippen LogP contribution in [0, 0.1) is 0 Å². The molecular formula is C10H12N6OS. The third-order valence-electron chi connectivity index (χ3n) is 2.98. The zero-order chi connectivity index (χ0) is 12.7. The van der Waals surface area contributed by atoms with E-state index in [0.29, 0.717) is 12.1 Å². The number of rotatable bonds is 2. The van der Waals surface area contributed by atoms with Gasteiger partial charge < -0.3 is 20.9 Å². The van der Waals surface area contributed by atoms with E-state index in [1.807, 2.05) is 11.1 Å². The van der Waals surface area contributed by atoms with Gasteiger partial charge in [-0.3, -0.25) is 4.79 Å². The summed E-state index contributed by atoms with van der Waals surface area (Å²) in [5.41, 5.74) is 11.3. The highest BCUT2D eigenvalue weighted by atomic mass is 32.1. The highest BCUT2D eigenvalue weighted by Gasteiger charge is 2.25. The van der Waals surface area contributed by atoms with E-state index >= 15 is 0 Å². The fourth-order valence-corrected chi connectivity index (χ4v) is 2.93. The van der Waals surface area contributed by atoms with Crippen molar-refractivity contribution >= 4 is 28.3 Å². The number of hydrogen-bond donors (Lipinski definition) is 2. The highest BCUT2D eigenvalue weighted by molar-refractivity contribution is 7.11. The molecule has 2 aromatic rings. The van der Waals surface area contributed by atoms with Crippen molar-refractivity contribution in [2.75, 3.05) is 17.2 Å². The van der Waals surface area contributed by atoms with Crippen molar-refractivity contribution in [3.63, 3.8) is 0 Å². The molecule has 0 unspecified atom stereocenters. The van der Waals surface area contributed by atoms with Crippen LogP contribution in [0.4, 0.5) is 10.8 Å². The van der Waals surface area contributed by atoms with E-state index in [9.17, 15) is 4.79 Å². The van der Waals surface area contributed by atoms with Gasteiger partial charge in [0.1, 0.15) is 16.4 Å². The molecule has 1 aliphatic rings. The van der Waals surface area contributed by atoms with Crippen LogP contribution in [0.1, 0.15) is 16.2 Å². The zero-order valence-corrected chi connectivity index (χ0v) is 10.4. The molecule has 7 nitrogen and oxygen atoms in total. The number of imidazole rings is 1. The number of primary amides is 1. The predicted octanol–water partition coefficient (Wildman–Crippen LogP) is 0.0409. The molecule has 0 spiro atoms. The average Bonchev–Trinajstić information content (AvgIpc) is 2.93. The Morgan fingerprint density at radius 3 is 3.06 bits per heavy atom. The monoisotopic (exact) mass is 264 g/mol. The van der Waals surface area contributed by atoms with Gasteiger partial charge in [0.2, 0.25) is 0 Å². The fourth-order valence-electron chi connectivity index (χ4n) is 2.09. The number of carbonyl (C=O) groups excluding carboxylic acids is 1. The SMILES string of the molecule is NC(=O)c1c(N)nsc1N1CCn2ccnc2C1. The molecule has 1 aliphatic heterocycles. The van der Waals surface area contributed by atoms with Crippen LogP contribution in [-0.4, -0.2) is 26.4 Å². The van der Waals surface area contributed by atoms with Gasteiger partial charge in [0.25, 0.3) is 5.91 Å². The first-order valence-corrected chi connectivity index (χ1v) is 6.24. The lowest BCUT2D eigenvalue weighted by atomic mass is 10.2. The average molecular weight is 264 g/mol. The minimum absolute atomic E-state index is 0.205. The van der Waals surface area contributed by atoms with E-state index in [1.165, 1.54) is 11.5 Å². The number of hydrogen-bond acceptors (Lipinski definition) is 6. The van der Waals surface area contributed by atoms with Crippen LogP contribution in [0.25, 0.3) is 0 Å². The standard InChI is InChI=1S/C10H12N6OS/c11-8-7(9(12)17)10(18-14-8)16-4-3-15-2-1-13-6(15)5-16/h1-2H,3-5H2,(H2,11,14)(H2,12,17). The molecule has 8 heteroatoms. The third kappa shape index (κ3) is 1.61. The number of amides is 1. The number of anilines is 2. The van der Waals surface area contributed by atoms with Crippen molar-refractivity contribution in [1.29, 1.82) is 0 Å². The van der Waals surface area contributed by atoms with Crippen LogP contribution < -0.4 is 16.4 Å². The van der Waals surface area contributed by atoms with Gasteiger partial charge in [0.15, 0.2) is 5.82 Å². The molecule has 0 saturated heterocycles. The van der Waals surface area contributed by atoms with Crippen LogP contribution in [0.3, 0.4) is 0 Å². The van der Waals surface area contributed by atoms with Crippen LogP contribution in [0.15, 0.2) is 12.4 Å². The van der Waals surface area contributed by atoms with Crippen LogP contribution in [0.2, 0.25) is 0 Å². The molecule has 0 aromatic carbocycles. The number of nitrogen functional groups attached to an aromatic ring is 1. The minimum atomic E-state index is -0.537. The Bertz CT molecular complexity index is 603. The Morgan fingerprint density at radius 2 is 2.28 bits per heavy atom. The molecule has 3 heterocycles. The van der Waals surface area contributed by atoms with Crippen LogP contribution >= 0.6 is 11.5 Å². The number of carbonyl (C=O) groups is 1. The van der Waals surface area contributed by atoms with Gasteiger partial charge in [-0.25, -0.2) is 4.98 Å². The van der Waals surface area contributed by atoms with Gasteiger partial charge in [0, 0.05) is 25.5 Å². The Balaban J connectivity index is 1.96. The molecule has 0 radical (unpaired) electrons. The van der Waals surface area contributed by atoms with Gasteiger partial charge in [-0.1, -0.05) is 0 Å². The number of aromatic nitrogens is 3. The van der Waals surface area contributed by atoms with E-state index < -0.39 is 5.91 Å². The molecule has 0 atom stereocenters. The van der Waals surface area contributed by atoms with Gasteiger partial charge in [-0.2, -0.15) is 4.37 Å². The number of nitrogens with two attached hydrogens (primary N) is 2. The van der Waals surface area contributed by atoms with Gasteiger partial charge in [-0.05, 0) is 11.5 Å². The Labute approximate surface area is 107 Å². The summed E-state index contributed by atoms with van der Waals surface area (Å²) in [5.74, 6) is 0.630.